The molecular weight excluding hydrogens is 200 g/mol. The van der Waals surface area contributed by atoms with Gasteiger partial charge in [0.1, 0.15) is 6.61 Å². The highest BCUT2D eigenvalue weighted by Crippen LogP contribution is 2.16. The standard InChI is InChI=1S/C10H18O3S/c1-14-8-7-13-10(11)5-4-9-3-2-6-12-9/h9H,2-8H2,1H3. The highest BCUT2D eigenvalue weighted by Gasteiger charge is 2.16. The van der Waals surface area contributed by atoms with Crippen molar-refractivity contribution in [3.05, 3.63) is 0 Å². The molecule has 0 aromatic heterocycles. The second kappa shape index (κ2) is 7.12. The summed E-state index contributed by atoms with van der Waals surface area (Å²) in [5.74, 6) is 0.792. The van der Waals surface area contributed by atoms with Crippen LogP contribution < -0.4 is 0 Å². The van der Waals surface area contributed by atoms with E-state index in [9.17, 15) is 4.79 Å². The number of carbonyl (C=O) groups is 1. The summed E-state index contributed by atoms with van der Waals surface area (Å²) < 4.78 is 10.4. The first kappa shape index (κ1) is 11.9. The number of rotatable bonds is 6. The van der Waals surface area contributed by atoms with E-state index in [-0.39, 0.29) is 5.97 Å². The molecule has 0 bridgehead atoms. The van der Waals surface area contributed by atoms with E-state index in [4.69, 9.17) is 9.47 Å². The van der Waals surface area contributed by atoms with Crippen molar-refractivity contribution in [2.24, 2.45) is 0 Å². The molecule has 0 radical (unpaired) electrons. The molecule has 0 aliphatic carbocycles. The van der Waals surface area contributed by atoms with Gasteiger partial charge in [0, 0.05) is 18.8 Å². The number of hydrogen-bond donors (Lipinski definition) is 0. The van der Waals surface area contributed by atoms with E-state index in [0.717, 1.165) is 31.6 Å². The second-order valence-electron chi connectivity index (χ2n) is 3.39. The van der Waals surface area contributed by atoms with Gasteiger partial charge in [-0.2, -0.15) is 11.8 Å². The smallest absolute Gasteiger partial charge is 0.305 e. The van der Waals surface area contributed by atoms with E-state index in [2.05, 4.69) is 0 Å². The molecule has 1 unspecified atom stereocenters. The van der Waals surface area contributed by atoms with Gasteiger partial charge in [-0.15, -0.1) is 0 Å². The van der Waals surface area contributed by atoms with E-state index in [1.807, 2.05) is 6.26 Å². The number of esters is 1. The van der Waals surface area contributed by atoms with Gasteiger partial charge in [-0.3, -0.25) is 4.79 Å². The summed E-state index contributed by atoms with van der Waals surface area (Å²) in [5.41, 5.74) is 0. The molecule has 1 aliphatic rings. The van der Waals surface area contributed by atoms with Crippen LogP contribution in [0.3, 0.4) is 0 Å². The van der Waals surface area contributed by atoms with Crippen LogP contribution in [0.1, 0.15) is 25.7 Å². The fourth-order valence-electron chi connectivity index (χ4n) is 1.46. The second-order valence-corrected chi connectivity index (χ2v) is 4.37. The Morgan fingerprint density at radius 2 is 2.50 bits per heavy atom. The predicted molar refractivity (Wildman–Crippen MR) is 57.5 cm³/mol. The van der Waals surface area contributed by atoms with Gasteiger partial charge in [0.15, 0.2) is 0 Å². The molecule has 4 heteroatoms. The van der Waals surface area contributed by atoms with Crippen molar-refractivity contribution in [3.8, 4) is 0 Å². The molecule has 0 spiro atoms. The van der Waals surface area contributed by atoms with Crippen molar-refractivity contribution in [1.29, 1.82) is 0 Å². The van der Waals surface area contributed by atoms with Gasteiger partial charge in [-0.05, 0) is 25.5 Å². The van der Waals surface area contributed by atoms with Crippen LogP contribution in [0.2, 0.25) is 0 Å². The maximum absolute atomic E-state index is 11.2. The van der Waals surface area contributed by atoms with Gasteiger partial charge in [-0.1, -0.05) is 0 Å². The van der Waals surface area contributed by atoms with E-state index in [1.165, 1.54) is 0 Å². The molecule has 0 aromatic carbocycles. The summed E-state index contributed by atoms with van der Waals surface area (Å²) >= 11 is 1.69. The zero-order valence-corrected chi connectivity index (χ0v) is 9.48. The van der Waals surface area contributed by atoms with Crippen LogP contribution in [0.15, 0.2) is 0 Å². The highest BCUT2D eigenvalue weighted by atomic mass is 32.2. The summed E-state index contributed by atoms with van der Waals surface area (Å²) in [4.78, 5) is 11.2. The number of hydrogen-bond acceptors (Lipinski definition) is 4. The lowest BCUT2D eigenvalue weighted by molar-refractivity contribution is -0.143. The zero-order chi connectivity index (χ0) is 10.2. The van der Waals surface area contributed by atoms with E-state index in [0.29, 0.717) is 19.1 Å². The Bertz CT molecular complexity index is 167. The molecule has 3 nitrogen and oxygen atoms in total. The molecule has 14 heavy (non-hydrogen) atoms. The molecule has 0 N–H and O–H groups in total. The van der Waals surface area contributed by atoms with E-state index < -0.39 is 0 Å². The van der Waals surface area contributed by atoms with Crippen molar-refractivity contribution in [2.45, 2.75) is 31.8 Å². The Morgan fingerprint density at radius 1 is 1.64 bits per heavy atom. The van der Waals surface area contributed by atoms with Crippen molar-refractivity contribution >= 4 is 17.7 Å². The molecule has 1 fully saturated rings. The van der Waals surface area contributed by atoms with Gasteiger partial charge < -0.3 is 9.47 Å². The molecule has 0 saturated carbocycles. The van der Waals surface area contributed by atoms with Gasteiger partial charge in [0.25, 0.3) is 0 Å². The van der Waals surface area contributed by atoms with Gasteiger partial charge in [-0.25, -0.2) is 0 Å². The molecule has 1 aliphatic heterocycles. The third-order valence-electron chi connectivity index (χ3n) is 2.24. The Kier molecular flexibility index (Phi) is 6.03. The van der Waals surface area contributed by atoms with Crippen LogP contribution in [-0.4, -0.2) is 37.3 Å². The summed E-state index contributed by atoms with van der Waals surface area (Å²) in [6.45, 7) is 1.39. The quantitative estimate of drug-likeness (QED) is 0.503. The minimum absolute atomic E-state index is 0.0884. The first-order valence-electron chi connectivity index (χ1n) is 5.09. The van der Waals surface area contributed by atoms with Crippen LogP contribution in [0.5, 0.6) is 0 Å². The van der Waals surface area contributed by atoms with Gasteiger partial charge >= 0.3 is 5.97 Å². The minimum atomic E-state index is -0.0884. The maximum atomic E-state index is 11.2. The minimum Gasteiger partial charge on any atom is -0.465 e. The first-order valence-corrected chi connectivity index (χ1v) is 6.48. The molecule has 0 aromatic rings. The van der Waals surface area contributed by atoms with Crippen LogP contribution in [0, 0.1) is 0 Å². The Balaban J connectivity index is 1.96. The predicted octanol–water partition coefficient (Wildman–Crippen LogP) is 1.85. The topological polar surface area (TPSA) is 35.5 Å². The van der Waals surface area contributed by atoms with Crippen molar-refractivity contribution in [2.75, 3.05) is 25.2 Å². The van der Waals surface area contributed by atoms with E-state index >= 15 is 0 Å². The van der Waals surface area contributed by atoms with Crippen LogP contribution in [0.4, 0.5) is 0 Å². The third kappa shape index (κ3) is 4.86. The summed E-state index contributed by atoms with van der Waals surface area (Å²) in [7, 11) is 0. The van der Waals surface area contributed by atoms with Crippen LogP contribution in [-0.2, 0) is 14.3 Å². The normalized spacial score (nSPS) is 21.1. The fraction of sp³-hybridized carbons (Fsp3) is 0.900. The molecular formula is C10H18O3S. The fourth-order valence-corrected chi connectivity index (χ4v) is 1.71. The third-order valence-corrected chi connectivity index (χ3v) is 2.82. The summed E-state index contributed by atoms with van der Waals surface area (Å²) in [6.07, 6.45) is 5.84. The molecule has 1 rings (SSSR count). The maximum Gasteiger partial charge on any atom is 0.305 e. The Morgan fingerprint density at radius 3 is 3.14 bits per heavy atom. The Labute approximate surface area is 89.5 Å². The number of thioether (sulfide) groups is 1. The Hall–Kier alpha value is -0.220. The van der Waals surface area contributed by atoms with Crippen molar-refractivity contribution in [3.63, 3.8) is 0 Å². The van der Waals surface area contributed by atoms with Gasteiger partial charge in [0.05, 0.1) is 6.10 Å². The molecule has 1 atom stereocenters. The van der Waals surface area contributed by atoms with Gasteiger partial charge in [0.2, 0.25) is 0 Å². The summed E-state index contributed by atoms with van der Waals surface area (Å²) in [6, 6.07) is 0. The number of carbonyl (C=O) groups excluding carboxylic acids is 1. The average Bonchev–Trinajstić information content (AvgIpc) is 2.68. The van der Waals surface area contributed by atoms with Crippen molar-refractivity contribution in [1.82, 2.24) is 0 Å². The monoisotopic (exact) mass is 218 g/mol. The van der Waals surface area contributed by atoms with E-state index in [1.54, 1.807) is 11.8 Å². The lowest BCUT2D eigenvalue weighted by atomic mass is 10.1. The SMILES string of the molecule is CSCCOC(=O)CCC1CCCO1. The van der Waals surface area contributed by atoms with Crippen LogP contribution >= 0.6 is 11.8 Å². The molecule has 1 heterocycles. The number of ether oxygens (including phenoxy) is 2. The lowest BCUT2D eigenvalue weighted by Gasteiger charge is -2.08. The largest absolute Gasteiger partial charge is 0.465 e. The first-order chi connectivity index (χ1) is 6.83. The lowest BCUT2D eigenvalue weighted by Crippen LogP contribution is -2.12. The highest BCUT2D eigenvalue weighted by molar-refractivity contribution is 7.98. The zero-order valence-electron chi connectivity index (χ0n) is 8.66. The van der Waals surface area contributed by atoms with Crippen molar-refractivity contribution < 1.29 is 14.3 Å². The molecule has 82 valence electrons. The van der Waals surface area contributed by atoms with Crippen LogP contribution in [0.25, 0.3) is 0 Å². The summed E-state index contributed by atoms with van der Waals surface area (Å²) in [5, 5.41) is 0. The molecule has 1 saturated heterocycles. The average molecular weight is 218 g/mol. The molecule has 0 amide bonds.